The highest BCUT2D eigenvalue weighted by Crippen LogP contribution is 2.31. The Morgan fingerprint density at radius 2 is 1.81 bits per heavy atom. The zero-order chi connectivity index (χ0) is 25.1. The van der Waals surface area contributed by atoms with Gasteiger partial charge in [-0.05, 0) is 43.4 Å². The molecule has 2 aromatic heterocycles. The van der Waals surface area contributed by atoms with Gasteiger partial charge in [0.25, 0.3) is 5.91 Å². The number of ether oxygens (including phenoxy) is 2. The van der Waals surface area contributed by atoms with Gasteiger partial charge in [-0.15, -0.1) is 0 Å². The van der Waals surface area contributed by atoms with Crippen molar-refractivity contribution < 1.29 is 23.0 Å². The molecule has 2 aliphatic rings. The molecule has 0 radical (unpaired) electrons. The number of hydrogen-bond donors (Lipinski definition) is 1. The third kappa shape index (κ3) is 5.55. The van der Waals surface area contributed by atoms with E-state index in [2.05, 4.69) is 20.0 Å². The van der Waals surface area contributed by atoms with Gasteiger partial charge in [0.1, 0.15) is 5.15 Å². The summed E-state index contributed by atoms with van der Waals surface area (Å²) in [5.74, 6) is 0.412. The predicted octanol–water partition coefficient (Wildman–Crippen LogP) is 4.78. The number of rotatable bonds is 6. The molecule has 1 aliphatic heterocycles. The third-order valence-corrected chi connectivity index (χ3v) is 6.92. The summed E-state index contributed by atoms with van der Waals surface area (Å²) in [7, 11) is 0. The number of fused-ring (bicyclic) bond motifs is 1. The standard InChI is InChI=1S/C25H26ClF2N5O3/c26-22-20-14-30-25(31-17-5-7-18(8-6-17)36-24(27)28)32-21(20)19(13-29-22)15-1-3-16(4-2-15)23(34)33-9-11-35-12-10-33/h1-4,13-14,17-18,24H,5-12H2,(H,30,31,32)/t17-,18-. The lowest BCUT2D eigenvalue weighted by atomic mass is 9.93. The van der Waals surface area contributed by atoms with Crippen LogP contribution < -0.4 is 5.32 Å². The van der Waals surface area contributed by atoms with E-state index in [1.165, 1.54) is 0 Å². The van der Waals surface area contributed by atoms with E-state index in [-0.39, 0.29) is 11.9 Å². The van der Waals surface area contributed by atoms with Crippen LogP contribution in [0.1, 0.15) is 36.0 Å². The summed E-state index contributed by atoms with van der Waals surface area (Å²) >= 11 is 6.32. The van der Waals surface area contributed by atoms with Crippen LogP contribution in [0, 0.1) is 0 Å². The maximum Gasteiger partial charge on any atom is 0.345 e. The molecule has 36 heavy (non-hydrogen) atoms. The maximum absolute atomic E-state index is 12.8. The maximum atomic E-state index is 12.8. The summed E-state index contributed by atoms with van der Waals surface area (Å²) in [4.78, 5) is 28.0. The lowest BCUT2D eigenvalue weighted by Gasteiger charge is -2.28. The summed E-state index contributed by atoms with van der Waals surface area (Å²) in [6, 6.07) is 7.41. The zero-order valence-electron chi connectivity index (χ0n) is 19.5. The molecule has 5 rings (SSSR count). The average Bonchev–Trinajstić information content (AvgIpc) is 2.90. The number of pyridine rings is 1. The Hall–Kier alpha value is -2.95. The molecule has 1 saturated heterocycles. The molecule has 1 saturated carbocycles. The largest absolute Gasteiger partial charge is 0.378 e. The van der Waals surface area contributed by atoms with Gasteiger partial charge in [0.2, 0.25) is 5.95 Å². The second-order valence-corrected chi connectivity index (χ2v) is 9.27. The van der Waals surface area contributed by atoms with Crippen molar-refractivity contribution in [3.63, 3.8) is 0 Å². The van der Waals surface area contributed by atoms with E-state index in [4.69, 9.17) is 21.3 Å². The molecular weight excluding hydrogens is 492 g/mol. The Morgan fingerprint density at radius 3 is 2.50 bits per heavy atom. The smallest absolute Gasteiger partial charge is 0.345 e. The number of alkyl halides is 2. The van der Waals surface area contributed by atoms with Crippen LogP contribution in [0.25, 0.3) is 22.0 Å². The van der Waals surface area contributed by atoms with Crippen LogP contribution in [-0.4, -0.2) is 70.8 Å². The van der Waals surface area contributed by atoms with Gasteiger partial charge in [-0.3, -0.25) is 4.79 Å². The molecule has 3 aromatic rings. The number of carbonyl (C=O) groups is 1. The Kier molecular flexibility index (Phi) is 7.54. The highest BCUT2D eigenvalue weighted by Gasteiger charge is 2.25. The summed E-state index contributed by atoms with van der Waals surface area (Å²) in [6.45, 7) is -0.480. The first-order valence-electron chi connectivity index (χ1n) is 12.0. The minimum absolute atomic E-state index is 0.0218. The summed E-state index contributed by atoms with van der Waals surface area (Å²) < 4.78 is 34.9. The van der Waals surface area contributed by atoms with E-state index in [0.29, 0.717) is 79.6 Å². The molecule has 0 spiro atoms. The molecule has 1 amide bonds. The number of benzene rings is 1. The molecule has 1 aromatic carbocycles. The number of hydrogen-bond acceptors (Lipinski definition) is 7. The van der Waals surface area contributed by atoms with Gasteiger partial charge < -0.3 is 19.7 Å². The fourth-order valence-corrected chi connectivity index (χ4v) is 4.87. The van der Waals surface area contributed by atoms with Gasteiger partial charge in [0.05, 0.1) is 30.2 Å². The number of amides is 1. The summed E-state index contributed by atoms with van der Waals surface area (Å²) in [5, 5.41) is 4.22. The van der Waals surface area contributed by atoms with E-state index in [0.717, 1.165) is 11.1 Å². The molecule has 1 aliphatic carbocycles. The Bertz CT molecular complexity index is 1220. The number of morpholine rings is 1. The Labute approximate surface area is 212 Å². The van der Waals surface area contributed by atoms with Gasteiger partial charge in [-0.2, -0.15) is 8.78 Å². The van der Waals surface area contributed by atoms with Gasteiger partial charge in [0.15, 0.2) is 0 Å². The molecule has 190 valence electrons. The predicted molar refractivity (Wildman–Crippen MR) is 131 cm³/mol. The number of nitrogens with zero attached hydrogens (tertiary/aromatic N) is 4. The molecule has 8 nitrogen and oxygen atoms in total. The minimum atomic E-state index is -2.74. The van der Waals surface area contributed by atoms with Crippen LogP contribution in [0.3, 0.4) is 0 Å². The minimum Gasteiger partial charge on any atom is -0.378 e. The zero-order valence-corrected chi connectivity index (χ0v) is 20.3. The lowest BCUT2D eigenvalue weighted by Crippen LogP contribution is -2.40. The van der Waals surface area contributed by atoms with Crippen LogP contribution in [-0.2, 0) is 9.47 Å². The SMILES string of the molecule is O=C(c1ccc(-c2cnc(Cl)c3cnc(N[C@H]4CC[C@H](OC(F)F)CC4)nc23)cc1)N1CCOCC1. The normalized spacial score (nSPS) is 20.6. The van der Waals surface area contributed by atoms with Crippen LogP contribution in [0.4, 0.5) is 14.7 Å². The van der Waals surface area contributed by atoms with Crippen molar-refractivity contribution in [2.45, 2.75) is 44.4 Å². The van der Waals surface area contributed by atoms with E-state index < -0.39 is 12.7 Å². The Balaban J connectivity index is 1.35. The van der Waals surface area contributed by atoms with Gasteiger partial charge in [0, 0.05) is 42.7 Å². The van der Waals surface area contributed by atoms with E-state index in [1.807, 2.05) is 12.1 Å². The highest BCUT2D eigenvalue weighted by molar-refractivity contribution is 6.34. The Morgan fingerprint density at radius 1 is 1.08 bits per heavy atom. The van der Waals surface area contributed by atoms with Crippen molar-refractivity contribution in [3.8, 4) is 11.1 Å². The van der Waals surface area contributed by atoms with Crippen molar-refractivity contribution in [1.82, 2.24) is 19.9 Å². The van der Waals surface area contributed by atoms with Crippen molar-refractivity contribution in [2.75, 3.05) is 31.6 Å². The number of carbonyl (C=O) groups excluding carboxylic acids is 1. The number of halogens is 3. The van der Waals surface area contributed by atoms with Crippen LogP contribution >= 0.6 is 11.6 Å². The van der Waals surface area contributed by atoms with Gasteiger partial charge in [-0.1, -0.05) is 23.7 Å². The molecule has 3 heterocycles. The van der Waals surface area contributed by atoms with Crippen molar-refractivity contribution in [2.24, 2.45) is 0 Å². The molecule has 1 N–H and O–H groups in total. The topological polar surface area (TPSA) is 89.5 Å². The molecule has 0 unspecified atom stereocenters. The van der Waals surface area contributed by atoms with Crippen molar-refractivity contribution in [3.05, 3.63) is 47.4 Å². The van der Waals surface area contributed by atoms with Gasteiger partial charge in [-0.25, -0.2) is 15.0 Å². The number of nitrogens with one attached hydrogen (secondary N) is 1. The summed E-state index contributed by atoms with van der Waals surface area (Å²) in [5.41, 5.74) is 2.85. The molecule has 0 bridgehead atoms. The van der Waals surface area contributed by atoms with Gasteiger partial charge >= 0.3 is 6.61 Å². The molecule has 11 heteroatoms. The van der Waals surface area contributed by atoms with E-state index in [1.54, 1.807) is 29.4 Å². The average molecular weight is 518 g/mol. The van der Waals surface area contributed by atoms with Crippen LogP contribution in [0.15, 0.2) is 36.7 Å². The highest BCUT2D eigenvalue weighted by atomic mass is 35.5. The fourth-order valence-electron chi connectivity index (χ4n) is 4.68. The van der Waals surface area contributed by atoms with Crippen LogP contribution in [0.5, 0.6) is 0 Å². The van der Waals surface area contributed by atoms with E-state index >= 15 is 0 Å². The molecular formula is C25H26ClF2N5O3. The fraction of sp³-hybridized carbons (Fsp3) is 0.440. The number of anilines is 1. The molecule has 0 atom stereocenters. The third-order valence-electron chi connectivity index (χ3n) is 6.62. The quantitative estimate of drug-likeness (QED) is 0.471. The second kappa shape index (κ2) is 11.0. The van der Waals surface area contributed by atoms with Crippen molar-refractivity contribution >= 4 is 34.4 Å². The van der Waals surface area contributed by atoms with Crippen molar-refractivity contribution in [1.29, 1.82) is 0 Å². The van der Waals surface area contributed by atoms with E-state index in [9.17, 15) is 13.6 Å². The first kappa shape index (κ1) is 24.7. The first-order valence-corrected chi connectivity index (χ1v) is 12.3. The molecule has 2 fully saturated rings. The lowest BCUT2D eigenvalue weighted by molar-refractivity contribution is -0.169. The number of aromatic nitrogens is 3. The summed E-state index contributed by atoms with van der Waals surface area (Å²) in [6.07, 6.45) is 5.33. The first-order chi connectivity index (χ1) is 17.5. The monoisotopic (exact) mass is 517 g/mol. The second-order valence-electron chi connectivity index (χ2n) is 8.92. The van der Waals surface area contributed by atoms with Crippen LogP contribution in [0.2, 0.25) is 5.15 Å².